The molecule has 1 aliphatic heterocycles. The van der Waals surface area contributed by atoms with E-state index in [0.717, 1.165) is 16.7 Å². The highest BCUT2D eigenvalue weighted by atomic mass is 16.7. The molecule has 7 nitrogen and oxygen atoms in total. The van der Waals surface area contributed by atoms with Crippen molar-refractivity contribution in [1.82, 2.24) is 10.6 Å². The van der Waals surface area contributed by atoms with Crippen LogP contribution in [0.5, 0.6) is 11.5 Å². The van der Waals surface area contributed by atoms with E-state index in [0.29, 0.717) is 17.9 Å². The van der Waals surface area contributed by atoms with Crippen molar-refractivity contribution in [3.05, 3.63) is 95.6 Å². The van der Waals surface area contributed by atoms with Gasteiger partial charge in [-0.05, 0) is 35.7 Å². The summed E-state index contributed by atoms with van der Waals surface area (Å²) < 4.78 is 16.1. The molecular formula is C26H26N2O5. The van der Waals surface area contributed by atoms with E-state index in [9.17, 15) is 9.59 Å². The Morgan fingerprint density at radius 1 is 0.879 bits per heavy atom. The number of benzene rings is 3. The van der Waals surface area contributed by atoms with Crippen LogP contribution in [-0.4, -0.2) is 24.8 Å². The average Bonchev–Trinajstić information content (AvgIpc) is 3.31. The first kappa shape index (κ1) is 22.2. The average molecular weight is 447 g/mol. The van der Waals surface area contributed by atoms with E-state index in [1.54, 1.807) is 0 Å². The van der Waals surface area contributed by atoms with Gasteiger partial charge in [0, 0.05) is 6.42 Å². The number of hydrogen-bond donors (Lipinski definition) is 2. The van der Waals surface area contributed by atoms with E-state index in [1.165, 1.54) is 0 Å². The summed E-state index contributed by atoms with van der Waals surface area (Å²) in [5, 5.41) is 5.70. The Balaban J connectivity index is 1.41. The minimum atomic E-state index is -0.799. The molecule has 33 heavy (non-hydrogen) atoms. The molecule has 4 rings (SSSR count). The summed E-state index contributed by atoms with van der Waals surface area (Å²) >= 11 is 0. The summed E-state index contributed by atoms with van der Waals surface area (Å²) in [5.74, 6) is 1.03. The van der Waals surface area contributed by atoms with Gasteiger partial charge in [-0.3, -0.25) is 4.79 Å². The van der Waals surface area contributed by atoms with Crippen LogP contribution in [0.4, 0.5) is 4.79 Å². The Hall–Kier alpha value is -4.00. The standard InChI is InChI=1S/C26H26N2O5/c1-18(21-12-13-23-24(15-21)33-17-32-23)27-25(29)22(14-19-8-4-2-5-9-19)28-26(30)31-16-20-10-6-3-7-11-20/h2-13,15,18,22H,14,16-17H2,1H3,(H,27,29)(H,28,30). The molecule has 7 heteroatoms. The lowest BCUT2D eigenvalue weighted by Crippen LogP contribution is -2.48. The van der Waals surface area contributed by atoms with Crippen LogP contribution in [0.3, 0.4) is 0 Å². The smallest absolute Gasteiger partial charge is 0.408 e. The summed E-state index contributed by atoms with van der Waals surface area (Å²) in [5.41, 5.74) is 2.67. The quantitative estimate of drug-likeness (QED) is 0.543. The second kappa shape index (κ2) is 10.5. The van der Waals surface area contributed by atoms with Gasteiger partial charge in [-0.2, -0.15) is 0 Å². The number of carbonyl (C=O) groups excluding carboxylic acids is 2. The molecule has 0 fully saturated rings. The van der Waals surface area contributed by atoms with Crippen molar-refractivity contribution >= 4 is 12.0 Å². The minimum absolute atomic E-state index is 0.125. The SMILES string of the molecule is CC(NC(=O)C(Cc1ccccc1)NC(=O)OCc1ccccc1)c1ccc2c(c1)OCO2. The fourth-order valence-electron chi connectivity index (χ4n) is 3.55. The fraction of sp³-hybridized carbons (Fsp3) is 0.231. The summed E-state index contributed by atoms with van der Waals surface area (Å²) in [6.45, 7) is 2.19. The van der Waals surface area contributed by atoms with Gasteiger partial charge < -0.3 is 24.8 Å². The van der Waals surface area contributed by atoms with Crippen LogP contribution in [0.2, 0.25) is 0 Å². The summed E-state index contributed by atoms with van der Waals surface area (Å²) in [7, 11) is 0. The van der Waals surface area contributed by atoms with Crippen LogP contribution in [-0.2, 0) is 22.6 Å². The molecule has 0 aliphatic carbocycles. The normalized spacial score (nSPS) is 13.6. The third kappa shape index (κ3) is 6.04. The zero-order valence-electron chi connectivity index (χ0n) is 18.3. The van der Waals surface area contributed by atoms with Crippen LogP contribution < -0.4 is 20.1 Å². The molecular weight excluding hydrogens is 420 g/mol. The van der Waals surface area contributed by atoms with Crippen LogP contribution in [0.15, 0.2) is 78.9 Å². The van der Waals surface area contributed by atoms with E-state index < -0.39 is 12.1 Å². The zero-order valence-corrected chi connectivity index (χ0v) is 18.3. The molecule has 170 valence electrons. The number of nitrogens with one attached hydrogen (secondary N) is 2. The molecule has 2 atom stereocenters. The van der Waals surface area contributed by atoms with E-state index >= 15 is 0 Å². The molecule has 0 aromatic heterocycles. The maximum absolute atomic E-state index is 13.1. The molecule has 2 amide bonds. The maximum Gasteiger partial charge on any atom is 0.408 e. The Labute approximate surface area is 192 Å². The highest BCUT2D eigenvalue weighted by Gasteiger charge is 2.24. The first-order chi connectivity index (χ1) is 16.1. The minimum Gasteiger partial charge on any atom is -0.454 e. The van der Waals surface area contributed by atoms with Crippen molar-refractivity contribution in [3.63, 3.8) is 0 Å². The lowest BCUT2D eigenvalue weighted by atomic mass is 10.0. The maximum atomic E-state index is 13.1. The van der Waals surface area contributed by atoms with Crippen LogP contribution in [0.25, 0.3) is 0 Å². The highest BCUT2D eigenvalue weighted by Crippen LogP contribution is 2.34. The van der Waals surface area contributed by atoms with Crippen LogP contribution >= 0.6 is 0 Å². The fourth-order valence-corrected chi connectivity index (χ4v) is 3.55. The molecule has 1 aliphatic rings. The molecule has 2 N–H and O–H groups in total. The van der Waals surface area contributed by atoms with Crippen molar-refractivity contribution in [2.24, 2.45) is 0 Å². The Bertz CT molecular complexity index is 1090. The molecule has 1 heterocycles. The molecule has 0 spiro atoms. The van der Waals surface area contributed by atoms with E-state index in [1.807, 2.05) is 85.8 Å². The summed E-state index contributed by atoms with van der Waals surface area (Å²) in [6.07, 6.45) is -0.313. The molecule has 0 radical (unpaired) electrons. The number of carbonyl (C=O) groups is 2. The lowest BCUT2D eigenvalue weighted by Gasteiger charge is -2.22. The molecule has 0 saturated heterocycles. The Morgan fingerprint density at radius 3 is 2.27 bits per heavy atom. The van der Waals surface area contributed by atoms with E-state index in [-0.39, 0.29) is 25.3 Å². The summed E-state index contributed by atoms with van der Waals surface area (Å²) in [4.78, 5) is 25.6. The highest BCUT2D eigenvalue weighted by molar-refractivity contribution is 5.86. The van der Waals surface area contributed by atoms with Gasteiger partial charge in [-0.1, -0.05) is 66.7 Å². The van der Waals surface area contributed by atoms with Gasteiger partial charge in [-0.15, -0.1) is 0 Å². The van der Waals surface area contributed by atoms with Gasteiger partial charge in [0.05, 0.1) is 6.04 Å². The Kier molecular flexibility index (Phi) is 7.09. The second-order valence-electron chi connectivity index (χ2n) is 7.79. The van der Waals surface area contributed by atoms with Gasteiger partial charge in [0.25, 0.3) is 0 Å². The lowest BCUT2D eigenvalue weighted by molar-refractivity contribution is -0.123. The van der Waals surface area contributed by atoms with Crippen molar-refractivity contribution in [1.29, 1.82) is 0 Å². The summed E-state index contributed by atoms with van der Waals surface area (Å²) in [6, 6.07) is 23.4. The third-order valence-electron chi connectivity index (χ3n) is 5.36. The van der Waals surface area contributed by atoms with Gasteiger partial charge in [0.15, 0.2) is 11.5 Å². The first-order valence-electron chi connectivity index (χ1n) is 10.8. The van der Waals surface area contributed by atoms with Gasteiger partial charge in [0.2, 0.25) is 12.7 Å². The van der Waals surface area contributed by atoms with E-state index in [2.05, 4.69) is 10.6 Å². The predicted octanol–water partition coefficient (Wildman–Crippen LogP) is 4.13. The largest absolute Gasteiger partial charge is 0.454 e. The number of hydrogen-bond acceptors (Lipinski definition) is 5. The number of alkyl carbamates (subject to hydrolysis) is 1. The zero-order chi connectivity index (χ0) is 23.0. The molecule has 2 unspecified atom stereocenters. The first-order valence-corrected chi connectivity index (χ1v) is 10.8. The van der Waals surface area contributed by atoms with Gasteiger partial charge >= 0.3 is 6.09 Å². The third-order valence-corrected chi connectivity index (χ3v) is 5.36. The number of ether oxygens (including phenoxy) is 3. The van der Waals surface area contributed by atoms with Crippen molar-refractivity contribution in [3.8, 4) is 11.5 Å². The molecule has 0 saturated carbocycles. The molecule has 3 aromatic rings. The number of amides is 2. The van der Waals surface area contributed by atoms with Crippen molar-refractivity contribution in [2.75, 3.05) is 6.79 Å². The van der Waals surface area contributed by atoms with Crippen LogP contribution in [0, 0.1) is 0 Å². The number of rotatable bonds is 8. The van der Waals surface area contributed by atoms with Gasteiger partial charge in [-0.25, -0.2) is 4.79 Å². The van der Waals surface area contributed by atoms with Gasteiger partial charge in [0.1, 0.15) is 12.6 Å². The number of fused-ring (bicyclic) bond motifs is 1. The monoisotopic (exact) mass is 446 g/mol. The van der Waals surface area contributed by atoms with E-state index in [4.69, 9.17) is 14.2 Å². The van der Waals surface area contributed by atoms with Crippen LogP contribution in [0.1, 0.15) is 29.7 Å². The predicted molar refractivity (Wildman–Crippen MR) is 123 cm³/mol. The molecule has 0 bridgehead atoms. The topological polar surface area (TPSA) is 85.9 Å². The molecule has 3 aromatic carbocycles. The second-order valence-corrected chi connectivity index (χ2v) is 7.79. The van der Waals surface area contributed by atoms with Crippen molar-refractivity contribution in [2.45, 2.75) is 32.0 Å². The van der Waals surface area contributed by atoms with Crippen molar-refractivity contribution < 1.29 is 23.8 Å². The Morgan fingerprint density at radius 2 is 1.55 bits per heavy atom.